The van der Waals surface area contributed by atoms with Crippen molar-refractivity contribution in [1.29, 1.82) is 0 Å². The fourth-order valence-corrected chi connectivity index (χ4v) is 1.72. The molecule has 2 rings (SSSR count). The second-order valence-corrected chi connectivity index (χ2v) is 3.31. The first-order chi connectivity index (χ1) is 4.86. The van der Waals surface area contributed by atoms with Gasteiger partial charge in [0.25, 0.3) is 0 Å². The highest BCUT2D eigenvalue weighted by atomic mass is 15.2. The number of hydrogen-bond acceptors (Lipinski definition) is 2. The van der Waals surface area contributed by atoms with Crippen molar-refractivity contribution in [3.8, 4) is 0 Å². The van der Waals surface area contributed by atoms with Crippen LogP contribution in [0.25, 0.3) is 0 Å². The van der Waals surface area contributed by atoms with Crippen molar-refractivity contribution in [3.05, 3.63) is 12.2 Å². The summed E-state index contributed by atoms with van der Waals surface area (Å²) in [7, 11) is 0. The summed E-state index contributed by atoms with van der Waals surface area (Å²) < 4.78 is 0. The van der Waals surface area contributed by atoms with Gasteiger partial charge in [-0.05, 0) is 12.8 Å². The first kappa shape index (κ1) is 6.38. The maximum absolute atomic E-state index is 5.69. The molecular formula is C8H14N2. The lowest BCUT2D eigenvalue weighted by Crippen LogP contribution is -2.49. The van der Waals surface area contributed by atoms with Gasteiger partial charge in [0, 0.05) is 25.2 Å². The third-order valence-corrected chi connectivity index (χ3v) is 2.51. The van der Waals surface area contributed by atoms with Gasteiger partial charge in [-0.15, -0.1) is 0 Å². The Morgan fingerprint density at radius 3 is 2.30 bits per heavy atom. The number of nitrogens with two attached hydrogens (primary N) is 1. The zero-order chi connectivity index (χ0) is 6.97. The molecule has 56 valence electrons. The second-order valence-electron chi connectivity index (χ2n) is 3.31. The van der Waals surface area contributed by atoms with E-state index in [1.54, 1.807) is 0 Å². The zero-order valence-electron chi connectivity index (χ0n) is 6.16. The normalized spacial score (nSPS) is 40.1. The quantitative estimate of drug-likeness (QED) is 0.530. The molecule has 0 aromatic rings. The van der Waals surface area contributed by atoms with Crippen LogP contribution in [-0.2, 0) is 0 Å². The fraction of sp³-hybridized carbons (Fsp3) is 0.750. The van der Waals surface area contributed by atoms with Gasteiger partial charge < -0.3 is 5.73 Å². The van der Waals surface area contributed by atoms with Crippen molar-refractivity contribution in [1.82, 2.24) is 4.90 Å². The Labute approximate surface area is 61.7 Å². The van der Waals surface area contributed by atoms with E-state index in [0.717, 1.165) is 19.1 Å². The van der Waals surface area contributed by atoms with E-state index < -0.39 is 0 Å². The molecule has 1 fully saturated rings. The number of rotatable bonds is 1. The number of hydrogen-bond donors (Lipinski definition) is 1. The molecule has 0 saturated heterocycles. The second kappa shape index (κ2) is 2.36. The van der Waals surface area contributed by atoms with Gasteiger partial charge in [-0.1, -0.05) is 12.2 Å². The Morgan fingerprint density at radius 2 is 1.80 bits per heavy atom. The van der Waals surface area contributed by atoms with Crippen LogP contribution in [0.4, 0.5) is 0 Å². The Hall–Kier alpha value is -0.340. The summed E-state index contributed by atoms with van der Waals surface area (Å²) in [5.41, 5.74) is 5.69. The summed E-state index contributed by atoms with van der Waals surface area (Å²) in [6, 6.07) is 1.29. The zero-order valence-corrected chi connectivity index (χ0v) is 6.16. The Balaban J connectivity index is 1.80. The molecule has 0 atom stereocenters. The maximum Gasteiger partial charge on any atom is 0.0169 e. The molecule has 0 aromatic heterocycles. The molecule has 2 N–H and O–H groups in total. The molecule has 10 heavy (non-hydrogen) atoms. The van der Waals surface area contributed by atoms with E-state index in [-0.39, 0.29) is 0 Å². The summed E-state index contributed by atoms with van der Waals surface area (Å²) in [4.78, 5) is 2.49. The van der Waals surface area contributed by atoms with Gasteiger partial charge in [-0.25, -0.2) is 0 Å². The molecule has 1 aliphatic carbocycles. The molecule has 0 amide bonds. The van der Waals surface area contributed by atoms with E-state index >= 15 is 0 Å². The summed E-state index contributed by atoms with van der Waals surface area (Å²) >= 11 is 0. The third kappa shape index (κ3) is 0.976. The van der Waals surface area contributed by atoms with Gasteiger partial charge in [0.1, 0.15) is 0 Å². The van der Waals surface area contributed by atoms with Gasteiger partial charge in [0.15, 0.2) is 0 Å². The molecule has 0 aromatic carbocycles. The molecule has 1 aliphatic heterocycles. The average Bonchev–Trinajstić information content (AvgIpc) is 2.31. The van der Waals surface area contributed by atoms with E-state index in [4.69, 9.17) is 5.73 Å². The van der Waals surface area contributed by atoms with Crippen LogP contribution in [0.1, 0.15) is 12.8 Å². The van der Waals surface area contributed by atoms with Crippen LogP contribution in [0.15, 0.2) is 12.2 Å². The van der Waals surface area contributed by atoms with Crippen LogP contribution < -0.4 is 5.73 Å². The van der Waals surface area contributed by atoms with Crippen LogP contribution in [0.3, 0.4) is 0 Å². The SMILES string of the molecule is NC1CC(N2CC=CC2)C1. The lowest BCUT2D eigenvalue weighted by Gasteiger charge is -2.39. The van der Waals surface area contributed by atoms with Crippen LogP contribution in [0, 0.1) is 0 Å². The Kier molecular flexibility index (Phi) is 1.51. The Morgan fingerprint density at radius 1 is 1.20 bits per heavy atom. The summed E-state index contributed by atoms with van der Waals surface area (Å²) in [5, 5.41) is 0. The van der Waals surface area contributed by atoms with Gasteiger partial charge in [-0.3, -0.25) is 4.90 Å². The van der Waals surface area contributed by atoms with Gasteiger partial charge in [-0.2, -0.15) is 0 Å². The highest BCUT2D eigenvalue weighted by Gasteiger charge is 2.30. The molecule has 0 radical (unpaired) electrons. The van der Waals surface area contributed by atoms with E-state index in [2.05, 4.69) is 17.1 Å². The molecule has 0 bridgehead atoms. The molecule has 1 saturated carbocycles. The highest BCUT2D eigenvalue weighted by molar-refractivity contribution is 5.01. The van der Waals surface area contributed by atoms with Crippen molar-refractivity contribution >= 4 is 0 Å². The summed E-state index contributed by atoms with van der Waals surface area (Å²) in [6.45, 7) is 2.30. The predicted octanol–water partition coefficient (Wildman–Crippen LogP) is 0.348. The van der Waals surface area contributed by atoms with Crippen molar-refractivity contribution in [3.63, 3.8) is 0 Å². The lowest BCUT2D eigenvalue weighted by atomic mass is 9.86. The smallest absolute Gasteiger partial charge is 0.0169 e. The number of nitrogens with zero attached hydrogens (tertiary/aromatic N) is 1. The molecule has 1 heterocycles. The van der Waals surface area contributed by atoms with Crippen molar-refractivity contribution in [2.45, 2.75) is 24.9 Å². The topological polar surface area (TPSA) is 29.3 Å². The van der Waals surface area contributed by atoms with Crippen LogP contribution in [-0.4, -0.2) is 30.1 Å². The first-order valence-corrected chi connectivity index (χ1v) is 4.01. The van der Waals surface area contributed by atoms with E-state index in [0.29, 0.717) is 6.04 Å². The standard InChI is InChI=1S/C8H14N2/c9-7-5-8(6-7)10-3-1-2-4-10/h1-2,7-8H,3-6,9H2. The summed E-state index contributed by atoms with van der Waals surface area (Å²) in [6.07, 6.45) is 6.90. The van der Waals surface area contributed by atoms with E-state index in [1.165, 1.54) is 12.8 Å². The van der Waals surface area contributed by atoms with E-state index in [1.807, 2.05) is 0 Å². The minimum Gasteiger partial charge on any atom is -0.328 e. The molecule has 2 aliphatic rings. The summed E-state index contributed by atoms with van der Waals surface area (Å²) in [5.74, 6) is 0. The minimum atomic E-state index is 0.491. The third-order valence-electron chi connectivity index (χ3n) is 2.51. The van der Waals surface area contributed by atoms with Crippen molar-refractivity contribution in [2.75, 3.05) is 13.1 Å². The first-order valence-electron chi connectivity index (χ1n) is 4.01. The van der Waals surface area contributed by atoms with Crippen molar-refractivity contribution in [2.24, 2.45) is 5.73 Å². The fourth-order valence-electron chi connectivity index (χ4n) is 1.72. The monoisotopic (exact) mass is 138 g/mol. The van der Waals surface area contributed by atoms with Crippen LogP contribution >= 0.6 is 0 Å². The largest absolute Gasteiger partial charge is 0.328 e. The molecule has 0 unspecified atom stereocenters. The molecule has 2 heteroatoms. The van der Waals surface area contributed by atoms with Crippen LogP contribution in [0.2, 0.25) is 0 Å². The lowest BCUT2D eigenvalue weighted by molar-refractivity contribution is 0.144. The van der Waals surface area contributed by atoms with E-state index in [9.17, 15) is 0 Å². The molecular weight excluding hydrogens is 124 g/mol. The van der Waals surface area contributed by atoms with Gasteiger partial charge >= 0.3 is 0 Å². The highest BCUT2D eigenvalue weighted by Crippen LogP contribution is 2.24. The van der Waals surface area contributed by atoms with Crippen LogP contribution in [0.5, 0.6) is 0 Å². The van der Waals surface area contributed by atoms with Crippen molar-refractivity contribution < 1.29 is 0 Å². The predicted molar refractivity (Wildman–Crippen MR) is 41.7 cm³/mol. The molecule has 0 spiro atoms. The van der Waals surface area contributed by atoms with Gasteiger partial charge in [0.2, 0.25) is 0 Å². The average molecular weight is 138 g/mol. The Bertz CT molecular complexity index is 139. The van der Waals surface area contributed by atoms with Gasteiger partial charge in [0.05, 0.1) is 0 Å². The maximum atomic E-state index is 5.69. The minimum absolute atomic E-state index is 0.491. The molecule has 2 nitrogen and oxygen atoms in total.